The van der Waals surface area contributed by atoms with Gasteiger partial charge in [-0.2, -0.15) is 13.1 Å². The molecule has 19 heavy (non-hydrogen) atoms. The standard InChI is InChI=1S/C11H16N2O5S/c1-8(2)12-19(16,17)13-9-5-3-4-6-10(9)18-7-11(14)15/h3-6,8,12-13H,7H2,1-2H3,(H,14,15). The molecule has 0 amide bonds. The lowest BCUT2D eigenvalue weighted by Crippen LogP contribution is -2.35. The number of nitrogens with one attached hydrogen (secondary N) is 2. The average Bonchev–Trinajstić information content (AvgIpc) is 2.25. The van der Waals surface area contributed by atoms with Crippen LogP contribution in [0.25, 0.3) is 0 Å². The lowest BCUT2D eigenvalue weighted by Gasteiger charge is -2.14. The molecule has 3 N–H and O–H groups in total. The van der Waals surface area contributed by atoms with Crippen LogP contribution in [-0.2, 0) is 15.0 Å². The maximum absolute atomic E-state index is 11.7. The van der Waals surface area contributed by atoms with Gasteiger partial charge in [0.05, 0.1) is 5.69 Å². The van der Waals surface area contributed by atoms with E-state index >= 15 is 0 Å². The van der Waals surface area contributed by atoms with Crippen molar-refractivity contribution >= 4 is 21.9 Å². The van der Waals surface area contributed by atoms with Crippen LogP contribution in [0.4, 0.5) is 5.69 Å². The van der Waals surface area contributed by atoms with Crippen LogP contribution in [0.3, 0.4) is 0 Å². The van der Waals surface area contributed by atoms with Crippen molar-refractivity contribution in [2.24, 2.45) is 0 Å². The molecule has 0 aliphatic rings. The summed E-state index contributed by atoms with van der Waals surface area (Å²) >= 11 is 0. The fourth-order valence-corrected chi connectivity index (χ4v) is 2.44. The van der Waals surface area contributed by atoms with Gasteiger partial charge >= 0.3 is 5.97 Å². The maximum Gasteiger partial charge on any atom is 0.341 e. The first-order chi connectivity index (χ1) is 8.80. The SMILES string of the molecule is CC(C)NS(=O)(=O)Nc1ccccc1OCC(=O)O. The number of rotatable bonds is 7. The van der Waals surface area contributed by atoms with E-state index in [1.165, 1.54) is 12.1 Å². The van der Waals surface area contributed by atoms with Crippen LogP contribution in [0.15, 0.2) is 24.3 Å². The molecular formula is C11H16N2O5S. The van der Waals surface area contributed by atoms with Gasteiger partial charge in [0.25, 0.3) is 10.2 Å². The molecule has 0 fully saturated rings. The smallest absolute Gasteiger partial charge is 0.341 e. The van der Waals surface area contributed by atoms with Crippen LogP contribution in [0, 0.1) is 0 Å². The van der Waals surface area contributed by atoms with Crippen molar-refractivity contribution in [1.82, 2.24) is 4.72 Å². The van der Waals surface area contributed by atoms with E-state index in [2.05, 4.69) is 9.44 Å². The van der Waals surface area contributed by atoms with Crippen LogP contribution in [0.5, 0.6) is 5.75 Å². The average molecular weight is 288 g/mol. The Hall–Kier alpha value is -1.80. The van der Waals surface area contributed by atoms with Crippen LogP contribution in [-0.4, -0.2) is 32.1 Å². The van der Waals surface area contributed by atoms with Crippen LogP contribution in [0.2, 0.25) is 0 Å². The van der Waals surface area contributed by atoms with Crippen molar-refractivity contribution in [3.05, 3.63) is 24.3 Å². The number of ether oxygens (including phenoxy) is 1. The summed E-state index contributed by atoms with van der Waals surface area (Å²) in [6, 6.07) is 5.93. The highest BCUT2D eigenvalue weighted by atomic mass is 32.2. The first-order valence-electron chi connectivity index (χ1n) is 5.54. The summed E-state index contributed by atoms with van der Waals surface area (Å²) in [5.41, 5.74) is 0.178. The van der Waals surface area contributed by atoms with Crippen molar-refractivity contribution in [2.75, 3.05) is 11.3 Å². The van der Waals surface area contributed by atoms with E-state index in [-0.39, 0.29) is 17.5 Å². The Morgan fingerprint density at radius 3 is 2.58 bits per heavy atom. The predicted octanol–water partition coefficient (Wildman–Crippen LogP) is 0.805. The van der Waals surface area contributed by atoms with Crippen LogP contribution >= 0.6 is 0 Å². The van der Waals surface area contributed by atoms with Gasteiger partial charge in [-0.3, -0.25) is 4.72 Å². The molecule has 0 aliphatic heterocycles. The van der Waals surface area contributed by atoms with E-state index in [1.54, 1.807) is 26.0 Å². The number of carboxylic acid groups (broad SMARTS) is 1. The molecule has 1 rings (SSSR count). The maximum atomic E-state index is 11.7. The Labute approximate surface area is 111 Å². The van der Waals surface area contributed by atoms with Crippen LogP contribution in [0.1, 0.15) is 13.8 Å². The second-order valence-corrected chi connectivity index (χ2v) is 5.50. The highest BCUT2D eigenvalue weighted by Crippen LogP contribution is 2.24. The molecule has 7 nitrogen and oxygen atoms in total. The quantitative estimate of drug-likeness (QED) is 0.688. The summed E-state index contributed by atoms with van der Waals surface area (Å²) in [5, 5.41) is 8.54. The molecule has 106 valence electrons. The van der Waals surface area contributed by atoms with Crippen molar-refractivity contribution in [3.8, 4) is 5.75 Å². The highest BCUT2D eigenvalue weighted by molar-refractivity contribution is 7.90. The summed E-state index contributed by atoms with van der Waals surface area (Å²) < 4.78 is 33.0. The zero-order valence-electron chi connectivity index (χ0n) is 10.6. The predicted molar refractivity (Wildman–Crippen MR) is 70.4 cm³/mol. The lowest BCUT2D eigenvalue weighted by molar-refractivity contribution is -0.139. The molecular weight excluding hydrogens is 272 g/mol. The first kappa shape index (κ1) is 15.3. The number of hydrogen-bond acceptors (Lipinski definition) is 4. The number of aliphatic carboxylic acids is 1. The Kier molecular flexibility index (Phi) is 5.13. The number of anilines is 1. The number of carbonyl (C=O) groups is 1. The van der Waals surface area contributed by atoms with E-state index < -0.39 is 22.8 Å². The summed E-state index contributed by atoms with van der Waals surface area (Å²) in [4.78, 5) is 10.4. The molecule has 0 aliphatic carbocycles. The molecule has 8 heteroatoms. The Morgan fingerprint density at radius 2 is 2.00 bits per heavy atom. The minimum Gasteiger partial charge on any atom is -0.480 e. The summed E-state index contributed by atoms with van der Waals surface area (Å²) in [5.74, 6) is -0.989. The molecule has 0 bridgehead atoms. The lowest BCUT2D eigenvalue weighted by atomic mass is 10.3. The number of para-hydroxylation sites is 2. The Balaban J connectivity index is 2.86. The topological polar surface area (TPSA) is 105 Å². The summed E-state index contributed by atoms with van der Waals surface area (Å²) in [7, 11) is -3.72. The third-order valence-electron chi connectivity index (χ3n) is 1.87. The number of benzene rings is 1. The monoisotopic (exact) mass is 288 g/mol. The molecule has 0 heterocycles. The molecule has 0 radical (unpaired) electrons. The zero-order chi connectivity index (χ0) is 14.5. The molecule has 0 spiro atoms. The third-order valence-corrected chi connectivity index (χ3v) is 3.14. The highest BCUT2D eigenvalue weighted by Gasteiger charge is 2.14. The van der Waals surface area contributed by atoms with Gasteiger partial charge in [0.1, 0.15) is 5.75 Å². The molecule has 0 saturated heterocycles. The van der Waals surface area contributed by atoms with E-state index in [0.717, 1.165) is 0 Å². The number of hydrogen-bond donors (Lipinski definition) is 3. The van der Waals surface area contributed by atoms with E-state index in [1.807, 2.05) is 0 Å². The van der Waals surface area contributed by atoms with Crippen molar-refractivity contribution in [1.29, 1.82) is 0 Å². The second kappa shape index (κ2) is 6.39. The van der Waals surface area contributed by atoms with Gasteiger partial charge in [0, 0.05) is 6.04 Å². The molecule has 1 aromatic rings. The van der Waals surface area contributed by atoms with Crippen molar-refractivity contribution in [3.63, 3.8) is 0 Å². The van der Waals surface area contributed by atoms with Crippen LogP contribution < -0.4 is 14.2 Å². The van der Waals surface area contributed by atoms with Gasteiger partial charge in [-0.05, 0) is 26.0 Å². The molecule has 0 atom stereocenters. The van der Waals surface area contributed by atoms with Crippen molar-refractivity contribution < 1.29 is 23.1 Å². The van der Waals surface area contributed by atoms with Gasteiger partial charge in [-0.15, -0.1) is 0 Å². The Bertz CT molecular complexity index is 542. The first-order valence-corrected chi connectivity index (χ1v) is 7.02. The fraction of sp³-hybridized carbons (Fsp3) is 0.364. The van der Waals surface area contributed by atoms with Gasteiger partial charge in [-0.25, -0.2) is 4.79 Å². The van der Waals surface area contributed by atoms with Gasteiger partial charge in [0.2, 0.25) is 0 Å². The largest absolute Gasteiger partial charge is 0.480 e. The molecule has 0 aromatic heterocycles. The third kappa shape index (κ3) is 5.58. The van der Waals surface area contributed by atoms with Gasteiger partial charge in [0.15, 0.2) is 6.61 Å². The van der Waals surface area contributed by atoms with Crippen molar-refractivity contribution in [2.45, 2.75) is 19.9 Å². The minimum absolute atomic E-state index is 0.152. The van der Waals surface area contributed by atoms with Gasteiger partial charge in [-0.1, -0.05) is 12.1 Å². The van der Waals surface area contributed by atoms with E-state index in [4.69, 9.17) is 9.84 Å². The molecule has 1 aromatic carbocycles. The summed E-state index contributed by atoms with van der Waals surface area (Å²) in [6.45, 7) is 2.83. The summed E-state index contributed by atoms with van der Waals surface area (Å²) in [6.07, 6.45) is 0. The normalized spacial score (nSPS) is 11.3. The zero-order valence-corrected chi connectivity index (χ0v) is 11.4. The molecule has 0 saturated carbocycles. The second-order valence-electron chi connectivity index (χ2n) is 4.06. The molecule has 0 unspecified atom stereocenters. The fourth-order valence-electron chi connectivity index (χ4n) is 1.30. The van der Waals surface area contributed by atoms with E-state index in [9.17, 15) is 13.2 Å². The minimum atomic E-state index is -3.72. The van der Waals surface area contributed by atoms with Gasteiger partial charge < -0.3 is 9.84 Å². The van der Waals surface area contributed by atoms with E-state index in [0.29, 0.717) is 0 Å². The Morgan fingerprint density at radius 1 is 1.37 bits per heavy atom. The number of carboxylic acids is 1.